The molecule has 0 aliphatic carbocycles. The molecule has 2 aromatic rings. The van der Waals surface area contributed by atoms with Gasteiger partial charge in [0.2, 0.25) is 11.8 Å². The molecular formula is C24H27N3O3S. The zero-order chi connectivity index (χ0) is 22.5. The highest BCUT2D eigenvalue weighted by Crippen LogP contribution is 2.34. The Labute approximate surface area is 187 Å². The fourth-order valence-corrected chi connectivity index (χ4v) is 4.57. The number of Topliss-reactive ketones (excluding diaryl/α,β-unsaturated/α-hetero) is 1. The molecule has 1 aliphatic rings. The molecule has 2 amide bonds. The number of anilines is 1. The van der Waals surface area contributed by atoms with Crippen LogP contribution in [0.4, 0.5) is 11.4 Å². The van der Waals surface area contributed by atoms with Crippen LogP contribution in [0.3, 0.4) is 0 Å². The molecule has 7 heteroatoms. The number of thioether (sulfide) groups is 1. The minimum Gasteiger partial charge on any atom is -0.326 e. The van der Waals surface area contributed by atoms with E-state index in [0.717, 1.165) is 23.2 Å². The number of hydrogen-bond donors (Lipinski definition) is 1. The molecule has 0 radical (unpaired) electrons. The normalized spacial score (nSPS) is 17.3. The predicted octanol–water partition coefficient (Wildman–Crippen LogP) is 4.88. The summed E-state index contributed by atoms with van der Waals surface area (Å²) in [6.07, 6.45) is 0.865. The molecule has 0 spiro atoms. The molecule has 0 saturated carbocycles. The lowest BCUT2D eigenvalue weighted by atomic mass is 10.1. The summed E-state index contributed by atoms with van der Waals surface area (Å²) < 4.78 is 0. The van der Waals surface area contributed by atoms with Gasteiger partial charge in [0.05, 0.1) is 5.69 Å². The summed E-state index contributed by atoms with van der Waals surface area (Å²) in [6, 6.07) is 12.7. The van der Waals surface area contributed by atoms with Crippen molar-refractivity contribution < 1.29 is 14.4 Å². The van der Waals surface area contributed by atoms with E-state index in [9.17, 15) is 14.4 Å². The molecule has 1 heterocycles. The monoisotopic (exact) mass is 437 g/mol. The van der Waals surface area contributed by atoms with Crippen LogP contribution in [0.2, 0.25) is 0 Å². The van der Waals surface area contributed by atoms with Gasteiger partial charge in [0.15, 0.2) is 11.0 Å². The van der Waals surface area contributed by atoms with Gasteiger partial charge in [0.1, 0.15) is 5.25 Å². The van der Waals surface area contributed by atoms with Crippen LogP contribution in [0, 0.1) is 13.8 Å². The number of rotatable bonds is 7. The van der Waals surface area contributed by atoms with Crippen LogP contribution in [0.15, 0.2) is 47.5 Å². The molecule has 3 rings (SSSR count). The average molecular weight is 438 g/mol. The lowest BCUT2D eigenvalue weighted by Gasteiger charge is -2.16. The molecule has 1 fully saturated rings. The van der Waals surface area contributed by atoms with Gasteiger partial charge in [-0.05, 0) is 62.6 Å². The molecule has 1 unspecified atom stereocenters. The van der Waals surface area contributed by atoms with Crippen LogP contribution in [0.5, 0.6) is 0 Å². The third-order valence-corrected chi connectivity index (χ3v) is 6.24. The summed E-state index contributed by atoms with van der Waals surface area (Å²) in [6.45, 7) is 8.08. The number of para-hydroxylation sites is 1. The van der Waals surface area contributed by atoms with Crippen molar-refractivity contribution in [1.29, 1.82) is 0 Å². The number of nitrogens with zero attached hydrogens (tertiary/aromatic N) is 2. The Balaban J connectivity index is 1.74. The highest BCUT2D eigenvalue weighted by Gasteiger charge is 2.38. The first-order valence-electron chi connectivity index (χ1n) is 10.3. The summed E-state index contributed by atoms with van der Waals surface area (Å²) in [5.41, 5.74) is 4.15. The van der Waals surface area contributed by atoms with Gasteiger partial charge in [-0.15, -0.1) is 0 Å². The van der Waals surface area contributed by atoms with Gasteiger partial charge in [-0.3, -0.25) is 19.3 Å². The quantitative estimate of drug-likeness (QED) is 0.627. The van der Waals surface area contributed by atoms with Crippen molar-refractivity contribution in [2.75, 3.05) is 11.9 Å². The summed E-state index contributed by atoms with van der Waals surface area (Å²) in [5.74, 6) is -0.359. The summed E-state index contributed by atoms with van der Waals surface area (Å²) >= 11 is 1.35. The van der Waals surface area contributed by atoms with Gasteiger partial charge >= 0.3 is 0 Å². The lowest BCUT2D eigenvalue weighted by Crippen LogP contribution is -2.34. The Morgan fingerprint density at radius 2 is 1.74 bits per heavy atom. The first-order valence-corrected chi connectivity index (χ1v) is 11.2. The number of aryl methyl sites for hydroxylation is 2. The van der Waals surface area contributed by atoms with Crippen molar-refractivity contribution in [3.8, 4) is 0 Å². The first-order chi connectivity index (χ1) is 14.8. The van der Waals surface area contributed by atoms with E-state index < -0.39 is 5.25 Å². The Bertz CT molecular complexity index is 1010. The van der Waals surface area contributed by atoms with Gasteiger partial charge in [-0.25, -0.2) is 4.99 Å². The van der Waals surface area contributed by atoms with Crippen molar-refractivity contribution in [3.63, 3.8) is 0 Å². The number of aliphatic imine (C=N–C) groups is 1. The number of carbonyl (C=O) groups is 3. The summed E-state index contributed by atoms with van der Waals surface area (Å²) in [7, 11) is 0. The molecule has 0 bridgehead atoms. The number of hydrogen-bond acceptors (Lipinski definition) is 5. The SMILES string of the molecule is CCCN1C(=O)C(CC(=O)Nc2ccc(C(C)=O)cc2)SC1=Nc1c(C)cccc1C. The maximum absolute atomic E-state index is 13.0. The number of benzene rings is 2. The number of carbonyl (C=O) groups excluding carboxylic acids is 3. The summed E-state index contributed by atoms with van der Waals surface area (Å²) in [4.78, 5) is 43.4. The van der Waals surface area contributed by atoms with E-state index in [4.69, 9.17) is 4.99 Å². The van der Waals surface area contributed by atoms with E-state index in [1.54, 1.807) is 29.2 Å². The fourth-order valence-electron chi connectivity index (χ4n) is 3.40. The molecular weight excluding hydrogens is 410 g/mol. The van der Waals surface area contributed by atoms with Crippen LogP contribution < -0.4 is 5.32 Å². The maximum Gasteiger partial charge on any atom is 0.242 e. The predicted molar refractivity (Wildman–Crippen MR) is 126 cm³/mol. The Morgan fingerprint density at radius 1 is 1.10 bits per heavy atom. The van der Waals surface area contributed by atoms with Gasteiger partial charge in [0, 0.05) is 24.2 Å². The van der Waals surface area contributed by atoms with E-state index in [-0.39, 0.29) is 24.0 Å². The van der Waals surface area contributed by atoms with Gasteiger partial charge in [-0.1, -0.05) is 36.9 Å². The third kappa shape index (κ3) is 5.41. The molecule has 0 aromatic heterocycles. The van der Waals surface area contributed by atoms with E-state index in [1.165, 1.54) is 18.7 Å². The van der Waals surface area contributed by atoms with Crippen molar-refractivity contribution in [2.45, 2.75) is 45.8 Å². The first kappa shape index (κ1) is 22.7. The molecule has 1 N–H and O–H groups in total. The van der Waals surface area contributed by atoms with Crippen molar-refractivity contribution >= 4 is 45.9 Å². The van der Waals surface area contributed by atoms with E-state index in [2.05, 4.69) is 5.32 Å². The highest BCUT2D eigenvalue weighted by atomic mass is 32.2. The Hall–Kier alpha value is -2.93. The van der Waals surface area contributed by atoms with Gasteiger partial charge in [-0.2, -0.15) is 0 Å². The minimum absolute atomic E-state index is 0.0300. The van der Waals surface area contributed by atoms with Crippen LogP contribution in [-0.4, -0.2) is 39.5 Å². The van der Waals surface area contributed by atoms with Gasteiger partial charge < -0.3 is 5.32 Å². The number of amidine groups is 1. The van der Waals surface area contributed by atoms with Crippen LogP contribution >= 0.6 is 11.8 Å². The van der Waals surface area contributed by atoms with Crippen molar-refractivity contribution in [2.24, 2.45) is 4.99 Å². The number of amides is 2. The van der Waals surface area contributed by atoms with Crippen molar-refractivity contribution in [1.82, 2.24) is 4.90 Å². The molecule has 31 heavy (non-hydrogen) atoms. The molecule has 1 saturated heterocycles. The fraction of sp³-hybridized carbons (Fsp3) is 0.333. The van der Waals surface area contributed by atoms with E-state index in [0.29, 0.717) is 23.0 Å². The maximum atomic E-state index is 13.0. The largest absolute Gasteiger partial charge is 0.326 e. The second-order valence-corrected chi connectivity index (χ2v) is 8.79. The Morgan fingerprint density at radius 3 is 2.32 bits per heavy atom. The smallest absolute Gasteiger partial charge is 0.242 e. The van der Waals surface area contributed by atoms with E-state index in [1.807, 2.05) is 39.0 Å². The van der Waals surface area contributed by atoms with Crippen LogP contribution in [0.25, 0.3) is 0 Å². The highest BCUT2D eigenvalue weighted by molar-refractivity contribution is 8.15. The Kier molecular flexibility index (Phi) is 7.28. The minimum atomic E-state index is -0.508. The zero-order valence-corrected chi connectivity index (χ0v) is 19.1. The average Bonchev–Trinajstić information content (AvgIpc) is 3.00. The zero-order valence-electron chi connectivity index (χ0n) is 18.3. The third-order valence-electron chi connectivity index (χ3n) is 5.06. The molecule has 1 aliphatic heterocycles. The molecule has 1 atom stereocenters. The number of nitrogens with one attached hydrogen (secondary N) is 1. The number of ketones is 1. The van der Waals surface area contributed by atoms with Crippen molar-refractivity contribution in [3.05, 3.63) is 59.2 Å². The van der Waals surface area contributed by atoms with Gasteiger partial charge in [0.25, 0.3) is 0 Å². The second-order valence-electron chi connectivity index (χ2n) is 7.62. The standard InChI is InChI=1S/C24H27N3O3S/c1-5-13-27-23(30)20(31-24(27)26-22-15(2)7-6-8-16(22)3)14-21(29)25-19-11-9-18(10-12-19)17(4)28/h6-12,20H,5,13-14H2,1-4H3,(H,25,29). The second kappa shape index (κ2) is 9.92. The molecule has 2 aromatic carbocycles. The van der Waals surface area contributed by atoms with Crippen LogP contribution in [-0.2, 0) is 9.59 Å². The lowest BCUT2D eigenvalue weighted by molar-refractivity contribution is -0.128. The van der Waals surface area contributed by atoms with E-state index >= 15 is 0 Å². The summed E-state index contributed by atoms with van der Waals surface area (Å²) in [5, 5.41) is 2.95. The topological polar surface area (TPSA) is 78.8 Å². The molecule has 6 nitrogen and oxygen atoms in total. The van der Waals surface area contributed by atoms with Crippen LogP contribution in [0.1, 0.15) is 48.2 Å². The molecule has 162 valence electrons.